The summed E-state index contributed by atoms with van der Waals surface area (Å²) in [5.41, 5.74) is 1.15. The minimum absolute atomic E-state index is 0.416. The number of rotatable bonds is 6. The van der Waals surface area contributed by atoms with Gasteiger partial charge in [-0.15, -0.1) is 0 Å². The second-order valence-electron chi connectivity index (χ2n) is 6.70. The van der Waals surface area contributed by atoms with Crippen molar-refractivity contribution < 1.29 is 4.52 Å². The van der Waals surface area contributed by atoms with Crippen LogP contribution in [0.3, 0.4) is 0 Å². The average molecular weight is 318 g/mol. The van der Waals surface area contributed by atoms with Crippen molar-refractivity contribution in [3.63, 3.8) is 0 Å². The summed E-state index contributed by atoms with van der Waals surface area (Å²) in [6, 6.07) is 3.07. The van der Waals surface area contributed by atoms with Crippen molar-refractivity contribution in [2.45, 2.75) is 52.4 Å². The number of likely N-dealkylation sites (N-methyl/N-ethyl adjacent to an activating group) is 1. The summed E-state index contributed by atoms with van der Waals surface area (Å²) in [6.45, 7) is 9.94. The number of aryl methyl sites for hydroxylation is 1. The highest BCUT2D eigenvalue weighted by atomic mass is 16.5. The van der Waals surface area contributed by atoms with Gasteiger partial charge in [-0.25, -0.2) is 0 Å². The molecule has 7 nitrogen and oxygen atoms in total. The van der Waals surface area contributed by atoms with E-state index in [9.17, 15) is 0 Å². The van der Waals surface area contributed by atoms with Crippen LogP contribution in [0.15, 0.2) is 16.8 Å². The Hall–Kier alpha value is -1.73. The molecule has 126 valence electrons. The monoisotopic (exact) mass is 318 g/mol. The first kappa shape index (κ1) is 16.1. The molecule has 2 aromatic rings. The van der Waals surface area contributed by atoms with Crippen molar-refractivity contribution in [2.75, 3.05) is 20.1 Å². The van der Waals surface area contributed by atoms with E-state index in [0.29, 0.717) is 18.0 Å². The molecule has 1 fully saturated rings. The predicted molar refractivity (Wildman–Crippen MR) is 86.8 cm³/mol. The first-order chi connectivity index (χ1) is 11.0. The van der Waals surface area contributed by atoms with Gasteiger partial charge in [0, 0.05) is 44.8 Å². The molecule has 23 heavy (non-hydrogen) atoms. The molecule has 0 amide bonds. The third-order valence-electron chi connectivity index (χ3n) is 4.41. The van der Waals surface area contributed by atoms with Crippen LogP contribution < -0.4 is 0 Å². The minimum atomic E-state index is 0.416. The van der Waals surface area contributed by atoms with Crippen LogP contribution in [-0.4, -0.2) is 55.9 Å². The zero-order chi connectivity index (χ0) is 16.4. The first-order valence-electron chi connectivity index (χ1n) is 8.27. The third kappa shape index (κ3) is 3.97. The van der Waals surface area contributed by atoms with E-state index >= 15 is 0 Å². The summed E-state index contributed by atoms with van der Waals surface area (Å²) in [7, 11) is 2.13. The Balaban J connectivity index is 1.51. The quantitative estimate of drug-likeness (QED) is 0.810. The van der Waals surface area contributed by atoms with E-state index in [-0.39, 0.29) is 0 Å². The molecule has 1 aliphatic rings. The van der Waals surface area contributed by atoms with Crippen LogP contribution in [0.2, 0.25) is 0 Å². The summed E-state index contributed by atoms with van der Waals surface area (Å²) in [6.07, 6.45) is 3.23. The average Bonchev–Trinajstić information content (AvgIpc) is 3.21. The molecule has 1 aliphatic heterocycles. The molecule has 3 rings (SSSR count). The summed E-state index contributed by atoms with van der Waals surface area (Å²) >= 11 is 0. The second kappa shape index (κ2) is 6.80. The number of aromatic nitrogens is 4. The van der Waals surface area contributed by atoms with Crippen molar-refractivity contribution in [1.82, 2.24) is 29.7 Å². The standard InChI is InChI=1S/C16H26N6O/c1-12(2)22-8-5-14(18-22)9-21-7-6-15(10-21)20(4)11-16-17-13(3)23-19-16/h5,8,12,15H,6-7,9-11H2,1-4H3. The molecular weight excluding hydrogens is 292 g/mol. The topological polar surface area (TPSA) is 63.2 Å². The highest BCUT2D eigenvalue weighted by Gasteiger charge is 2.26. The van der Waals surface area contributed by atoms with Crippen molar-refractivity contribution in [3.05, 3.63) is 29.7 Å². The van der Waals surface area contributed by atoms with Gasteiger partial charge in [0.25, 0.3) is 0 Å². The van der Waals surface area contributed by atoms with Crippen molar-refractivity contribution in [3.8, 4) is 0 Å². The van der Waals surface area contributed by atoms with E-state index in [1.807, 2.05) is 11.6 Å². The molecule has 0 aromatic carbocycles. The van der Waals surface area contributed by atoms with E-state index in [1.54, 1.807) is 0 Å². The molecule has 0 saturated carbocycles. The van der Waals surface area contributed by atoms with Crippen LogP contribution in [0.1, 0.15) is 43.7 Å². The van der Waals surface area contributed by atoms with Crippen LogP contribution in [0.25, 0.3) is 0 Å². The van der Waals surface area contributed by atoms with Crippen LogP contribution >= 0.6 is 0 Å². The van der Waals surface area contributed by atoms with Gasteiger partial charge < -0.3 is 4.52 Å². The van der Waals surface area contributed by atoms with Crippen molar-refractivity contribution in [2.24, 2.45) is 0 Å². The largest absolute Gasteiger partial charge is 0.340 e. The molecule has 0 aliphatic carbocycles. The minimum Gasteiger partial charge on any atom is -0.340 e. The first-order valence-corrected chi connectivity index (χ1v) is 8.27. The maximum absolute atomic E-state index is 5.04. The van der Waals surface area contributed by atoms with Gasteiger partial charge in [-0.2, -0.15) is 10.1 Å². The Kier molecular flexibility index (Phi) is 4.77. The van der Waals surface area contributed by atoms with Gasteiger partial charge in [0.05, 0.1) is 12.2 Å². The fourth-order valence-electron chi connectivity index (χ4n) is 3.05. The van der Waals surface area contributed by atoms with E-state index in [4.69, 9.17) is 4.52 Å². The molecule has 1 saturated heterocycles. The highest BCUT2D eigenvalue weighted by Crippen LogP contribution is 2.18. The number of hydrogen-bond acceptors (Lipinski definition) is 6. The zero-order valence-corrected chi connectivity index (χ0v) is 14.4. The van der Waals surface area contributed by atoms with E-state index in [0.717, 1.165) is 44.1 Å². The number of likely N-dealkylation sites (tertiary alicyclic amines) is 1. The Morgan fingerprint density at radius 1 is 1.43 bits per heavy atom. The lowest BCUT2D eigenvalue weighted by Gasteiger charge is -2.23. The Bertz CT molecular complexity index is 634. The molecule has 1 unspecified atom stereocenters. The smallest absolute Gasteiger partial charge is 0.223 e. The van der Waals surface area contributed by atoms with Gasteiger partial charge in [0.2, 0.25) is 5.89 Å². The maximum Gasteiger partial charge on any atom is 0.223 e. The SMILES string of the molecule is Cc1nc(CN(C)C2CCN(Cc3ccn(C(C)C)n3)C2)no1. The summed E-state index contributed by atoms with van der Waals surface area (Å²) in [5, 5.41) is 8.62. The normalized spacial score (nSPS) is 19.3. The molecule has 0 spiro atoms. The van der Waals surface area contributed by atoms with Gasteiger partial charge in [0.1, 0.15) is 0 Å². The second-order valence-corrected chi connectivity index (χ2v) is 6.70. The third-order valence-corrected chi connectivity index (χ3v) is 4.41. The lowest BCUT2D eigenvalue weighted by Crippen LogP contribution is -2.34. The molecule has 2 aromatic heterocycles. The van der Waals surface area contributed by atoms with E-state index < -0.39 is 0 Å². The summed E-state index contributed by atoms with van der Waals surface area (Å²) < 4.78 is 7.06. The lowest BCUT2D eigenvalue weighted by atomic mass is 10.2. The van der Waals surface area contributed by atoms with Crippen LogP contribution in [0, 0.1) is 6.92 Å². The van der Waals surface area contributed by atoms with Gasteiger partial charge >= 0.3 is 0 Å². The van der Waals surface area contributed by atoms with Crippen molar-refractivity contribution in [1.29, 1.82) is 0 Å². The lowest BCUT2D eigenvalue weighted by molar-refractivity contribution is 0.215. The fraction of sp³-hybridized carbons (Fsp3) is 0.688. The maximum atomic E-state index is 5.04. The van der Waals surface area contributed by atoms with Gasteiger partial charge in [-0.1, -0.05) is 5.16 Å². The Labute approximate surface area is 137 Å². The molecule has 0 bridgehead atoms. The molecule has 0 N–H and O–H groups in total. The summed E-state index contributed by atoms with van der Waals surface area (Å²) in [4.78, 5) is 9.07. The molecule has 1 atom stereocenters. The number of nitrogens with zero attached hydrogens (tertiary/aromatic N) is 6. The highest BCUT2D eigenvalue weighted by molar-refractivity contribution is 5.00. The van der Waals surface area contributed by atoms with Crippen LogP contribution in [0.5, 0.6) is 0 Å². The zero-order valence-electron chi connectivity index (χ0n) is 14.4. The van der Waals surface area contributed by atoms with E-state index in [1.165, 1.54) is 0 Å². The summed E-state index contributed by atoms with van der Waals surface area (Å²) in [5.74, 6) is 1.39. The predicted octanol–water partition coefficient (Wildman–Crippen LogP) is 1.86. The molecular formula is C16H26N6O. The van der Waals surface area contributed by atoms with Crippen LogP contribution in [-0.2, 0) is 13.1 Å². The van der Waals surface area contributed by atoms with Crippen LogP contribution in [0.4, 0.5) is 0 Å². The Morgan fingerprint density at radius 2 is 2.26 bits per heavy atom. The van der Waals surface area contributed by atoms with E-state index in [2.05, 4.69) is 58.2 Å². The number of hydrogen-bond donors (Lipinski definition) is 0. The molecule has 3 heterocycles. The molecule has 0 radical (unpaired) electrons. The fourth-order valence-corrected chi connectivity index (χ4v) is 3.05. The van der Waals surface area contributed by atoms with Gasteiger partial charge in [-0.3, -0.25) is 14.5 Å². The van der Waals surface area contributed by atoms with Gasteiger partial charge in [0.15, 0.2) is 5.82 Å². The Morgan fingerprint density at radius 3 is 2.91 bits per heavy atom. The molecule has 7 heteroatoms. The van der Waals surface area contributed by atoms with Crippen molar-refractivity contribution >= 4 is 0 Å². The van der Waals surface area contributed by atoms with Gasteiger partial charge in [-0.05, 0) is 33.4 Å².